The lowest BCUT2D eigenvalue weighted by Crippen LogP contribution is -2.32. The van der Waals surface area contributed by atoms with E-state index in [-0.39, 0.29) is 24.4 Å². The number of nitrogens with zero attached hydrogens (tertiary/aromatic N) is 2. The molecule has 1 aromatic carbocycles. The van der Waals surface area contributed by atoms with Crippen molar-refractivity contribution >= 4 is 22.8 Å². The number of para-hydroxylation sites is 2. The van der Waals surface area contributed by atoms with E-state index < -0.39 is 0 Å². The highest BCUT2D eigenvalue weighted by Gasteiger charge is 2.25. The van der Waals surface area contributed by atoms with E-state index in [2.05, 4.69) is 20.6 Å². The molecule has 3 N–H and O–H groups in total. The molecule has 0 fully saturated rings. The van der Waals surface area contributed by atoms with E-state index in [1.54, 1.807) is 6.20 Å². The Morgan fingerprint density at radius 3 is 3.08 bits per heavy atom. The van der Waals surface area contributed by atoms with Crippen LogP contribution in [-0.4, -0.2) is 32.9 Å². The predicted octanol–water partition coefficient (Wildman–Crippen LogP) is 1.66. The average molecular weight is 337 g/mol. The summed E-state index contributed by atoms with van der Waals surface area (Å²) in [7, 11) is 0. The van der Waals surface area contributed by atoms with Crippen molar-refractivity contribution in [3.8, 4) is 0 Å². The van der Waals surface area contributed by atoms with Crippen LogP contribution in [0.4, 0.5) is 0 Å². The van der Waals surface area contributed by atoms with E-state index in [9.17, 15) is 9.59 Å². The fourth-order valence-electron chi connectivity index (χ4n) is 3.37. The van der Waals surface area contributed by atoms with Gasteiger partial charge in [-0.05, 0) is 31.5 Å². The zero-order valence-electron chi connectivity index (χ0n) is 13.9. The number of hydrogen-bond acceptors (Lipinski definition) is 3. The second-order valence-electron chi connectivity index (χ2n) is 6.21. The second-order valence-corrected chi connectivity index (χ2v) is 6.21. The summed E-state index contributed by atoms with van der Waals surface area (Å²) in [6.07, 6.45) is 2.38. The van der Waals surface area contributed by atoms with Gasteiger partial charge >= 0.3 is 0 Å². The van der Waals surface area contributed by atoms with Crippen molar-refractivity contribution in [3.05, 3.63) is 53.6 Å². The van der Waals surface area contributed by atoms with Gasteiger partial charge in [0.15, 0.2) is 0 Å². The molecule has 0 aliphatic carbocycles. The normalized spacial score (nSPS) is 17.0. The van der Waals surface area contributed by atoms with Crippen LogP contribution in [0.2, 0.25) is 0 Å². The molecule has 1 aliphatic heterocycles. The Kier molecular flexibility index (Phi) is 3.76. The Labute approximate surface area is 144 Å². The highest BCUT2D eigenvalue weighted by atomic mass is 16.2. The summed E-state index contributed by atoms with van der Waals surface area (Å²) >= 11 is 0. The number of aromatic nitrogens is 3. The number of imidazole rings is 1. The molecule has 25 heavy (non-hydrogen) atoms. The number of rotatable bonds is 3. The number of H-pyrrole nitrogens is 1. The number of amides is 2. The molecule has 128 valence electrons. The highest BCUT2D eigenvalue weighted by molar-refractivity contribution is 5.94. The predicted molar refractivity (Wildman–Crippen MR) is 93.1 cm³/mol. The molecule has 3 heterocycles. The molecule has 0 radical (unpaired) electrons. The van der Waals surface area contributed by atoms with Gasteiger partial charge in [-0.3, -0.25) is 9.59 Å². The van der Waals surface area contributed by atoms with Crippen molar-refractivity contribution in [1.82, 2.24) is 25.2 Å². The minimum absolute atomic E-state index is 0.0993. The van der Waals surface area contributed by atoms with Gasteiger partial charge in [-0.1, -0.05) is 12.1 Å². The lowest BCUT2D eigenvalue weighted by atomic mass is 10.1. The molecular weight excluding hydrogens is 318 g/mol. The molecule has 7 nitrogen and oxygen atoms in total. The summed E-state index contributed by atoms with van der Waals surface area (Å²) in [6, 6.07) is 9.42. The van der Waals surface area contributed by atoms with Gasteiger partial charge in [-0.2, -0.15) is 0 Å². The molecule has 0 spiro atoms. The molecule has 2 amide bonds. The monoisotopic (exact) mass is 337 g/mol. The molecular formula is C18H19N5O2. The molecule has 4 rings (SSSR count). The van der Waals surface area contributed by atoms with Crippen LogP contribution in [0.1, 0.15) is 34.3 Å². The van der Waals surface area contributed by atoms with E-state index in [0.29, 0.717) is 18.7 Å². The summed E-state index contributed by atoms with van der Waals surface area (Å²) in [4.78, 5) is 32.0. The Bertz CT molecular complexity index is 955. The standard InChI is InChI=1S/C18H19N5O2/c1-11-21-14-4-2-3-5-15(14)23(11)10-16(24)22-13-7-9-20-18(25)17-12(13)6-8-19-17/h2-6,8,13,19H,7,9-10H2,1H3,(H,20,25)(H,22,24). The summed E-state index contributed by atoms with van der Waals surface area (Å²) in [5, 5.41) is 5.88. The molecule has 7 heteroatoms. The molecule has 0 saturated carbocycles. The van der Waals surface area contributed by atoms with Crippen molar-refractivity contribution < 1.29 is 9.59 Å². The first-order valence-electron chi connectivity index (χ1n) is 8.30. The fourth-order valence-corrected chi connectivity index (χ4v) is 3.37. The second kappa shape index (κ2) is 6.08. The van der Waals surface area contributed by atoms with Crippen LogP contribution in [0, 0.1) is 6.92 Å². The van der Waals surface area contributed by atoms with Crippen LogP contribution >= 0.6 is 0 Å². The van der Waals surface area contributed by atoms with Gasteiger partial charge in [0.2, 0.25) is 5.91 Å². The number of carbonyl (C=O) groups is 2. The molecule has 0 saturated heterocycles. The number of aromatic amines is 1. The molecule has 0 bridgehead atoms. The average Bonchev–Trinajstić information content (AvgIpc) is 3.16. The number of carbonyl (C=O) groups excluding carboxylic acids is 2. The van der Waals surface area contributed by atoms with Gasteiger partial charge in [0.05, 0.1) is 17.1 Å². The smallest absolute Gasteiger partial charge is 0.268 e. The summed E-state index contributed by atoms with van der Waals surface area (Å²) in [6.45, 7) is 2.62. The largest absolute Gasteiger partial charge is 0.357 e. The van der Waals surface area contributed by atoms with E-state index in [1.807, 2.05) is 41.8 Å². The Morgan fingerprint density at radius 1 is 1.36 bits per heavy atom. The van der Waals surface area contributed by atoms with Crippen LogP contribution in [0.5, 0.6) is 0 Å². The molecule has 3 aromatic rings. The molecule has 1 aliphatic rings. The first-order valence-corrected chi connectivity index (χ1v) is 8.30. The van der Waals surface area contributed by atoms with Crippen molar-refractivity contribution in [2.75, 3.05) is 6.54 Å². The Balaban J connectivity index is 1.55. The van der Waals surface area contributed by atoms with Gasteiger partial charge in [0.25, 0.3) is 5.91 Å². The zero-order valence-corrected chi connectivity index (χ0v) is 13.9. The van der Waals surface area contributed by atoms with Gasteiger partial charge < -0.3 is 20.2 Å². The molecule has 1 unspecified atom stereocenters. The SMILES string of the molecule is Cc1nc2ccccc2n1CC(=O)NC1CCNC(=O)c2[nH]ccc21. The lowest BCUT2D eigenvalue weighted by Gasteiger charge is -2.17. The fraction of sp³-hybridized carbons (Fsp3) is 0.278. The number of hydrogen-bond donors (Lipinski definition) is 3. The van der Waals surface area contributed by atoms with Crippen LogP contribution < -0.4 is 10.6 Å². The van der Waals surface area contributed by atoms with E-state index in [1.165, 1.54) is 0 Å². The van der Waals surface area contributed by atoms with Crippen molar-refractivity contribution in [2.24, 2.45) is 0 Å². The summed E-state index contributed by atoms with van der Waals surface area (Å²) < 4.78 is 1.91. The number of nitrogens with one attached hydrogen (secondary N) is 3. The number of benzene rings is 1. The van der Waals surface area contributed by atoms with Crippen molar-refractivity contribution in [2.45, 2.75) is 25.9 Å². The van der Waals surface area contributed by atoms with Gasteiger partial charge in [0, 0.05) is 18.3 Å². The van der Waals surface area contributed by atoms with Crippen LogP contribution in [0.3, 0.4) is 0 Å². The van der Waals surface area contributed by atoms with Crippen LogP contribution in [0.25, 0.3) is 11.0 Å². The topological polar surface area (TPSA) is 91.8 Å². The maximum atomic E-state index is 12.6. The van der Waals surface area contributed by atoms with E-state index >= 15 is 0 Å². The van der Waals surface area contributed by atoms with Crippen molar-refractivity contribution in [1.29, 1.82) is 0 Å². The Hall–Kier alpha value is -3.09. The van der Waals surface area contributed by atoms with Crippen LogP contribution in [-0.2, 0) is 11.3 Å². The third kappa shape index (κ3) is 2.77. The van der Waals surface area contributed by atoms with E-state index in [4.69, 9.17) is 0 Å². The highest BCUT2D eigenvalue weighted by Crippen LogP contribution is 2.23. The van der Waals surface area contributed by atoms with Gasteiger partial charge in [-0.15, -0.1) is 0 Å². The third-order valence-electron chi connectivity index (χ3n) is 4.58. The van der Waals surface area contributed by atoms with Crippen LogP contribution in [0.15, 0.2) is 36.5 Å². The minimum atomic E-state index is -0.192. The molecule has 1 atom stereocenters. The quantitative estimate of drug-likeness (QED) is 0.679. The zero-order chi connectivity index (χ0) is 17.4. The lowest BCUT2D eigenvalue weighted by molar-refractivity contribution is -0.122. The Morgan fingerprint density at radius 2 is 2.20 bits per heavy atom. The van der Waals surface area contributed by atoms with Gasteiger partial charge in [-0.25, -0.2) is 4.98 Å². The van der Waals surface area contributed by atoms with Crippen molar-refractivity contribution in [3.63, 3.8) is 0 Å². The number of fused-ring (bicyclic) bond motifs is 2. The minimum Gasteiger partial charge on any atom is -0.357 e. The summed E-state index contributed by atoms with van der Waals surface area (Å²) in [5.74, 6) is 0.572. The summed E-state index contributed by atoms with van der Waals surface area (Å²) in [5.41, 5.74) is 3.17. The maximum Gasteiger partial charge on any atom is 0.268 e. The number of aryl methyl sites for hydroxylation is 1. The third-order valence-corrected chi connectivity index (χ3v) is 4.58. The molecule has 2 aromatic heterocycles. The van der Waals surface area contributed by atoms with E-state index in [0.717, 1.165) is 22.4 Å². The first kappa shape index (κ1) is 15.4. The van der Waals surface area contributed by atoms with Gasteiger partial charge in [0.1, 0.15) is 18.1 Å². The maximum absolute atomic E-state index is 12.6. The first-order chi connectivity index (χ1) is 12.1.